The molecule has 18 heavy (non-hydrogen) atoms. The summed E-state index contributed by atoms with van der Waals surface area (Å²) in [6, 6.07) is 5.10. The largest absolute Gasteiger partial charge is 0.320 e. The van der Waals surface area contributed by atoms with E-state index in [-0.39, 0.29) is 4.90 Å². The Morgan fingerprint density at radius 2 is 1.72 bits per heavy atom. The van der Waals surface area contributed by atoms with Crippen LogP contribution in [-0.4, -0.2) is 27.3 Å². The van der Waals surface area contributed by atoms with E-state index in [9.17, 15) is 26.0 Å². The number of hydrogen-bond donors (Lipinski definition) is 1. The molecule has 0 spiro atoms. The Morgan fingerprint density at radius 3 is 2.17 bits per heavy atom. The van der Waals surface area contributed by atoms with Gasteiger partial charge >= 0.3 is 12.3 Å². The van der Waals surface area contributed by atoms with Gasteiger partial charge in [0.2, 0.25) is 10.0 Å². The summed E-state index contributed by atoms with van der Waals surface area (Å²) < 4.78 is 73.9. The van der Waals surface area contributed by atoms with Crippen LogP contribution in [0.15, 0.2) is 33.6 Å². The molecule has 0 aliphatic rings. The maximum atomic E-state index is 12.6. The monoisotopic (exact) mass is 349 g/mol. The van der Waals surface area contributed by atoms with Crippen LogP contribution in [0.4, 0.5) is 17.6 Å². The summed E-state index contributed by atoms with van der Waals surface area (Å²) in [5.41, 5.74) is 0. The van der Waals surface area contributed by atoms with Crippen LogP contribution in [0.5, 0.6) is 0 Å². The normalized spacial score (nSPS) is 13.0. The lowest BCUT2D eigenvalue weighted by atomic mass is 10.4. The summed E-state index contributed by atoms with van der Waals surface area (Å²) in [6.45, 7) is -1.65. The molecule has 102 valence electrons. The fourth-order valence-electron chi connectivity index (χ4n) is 0.965. The summed E-state index contributed by atoms with van der Waals surface area (Å²) >= 11 is 3.07. The molecule has 0 fully saturated rings. The number of alkyl halides is 4. The topological polar surface area (TPSA) is 46.2 Å². The van der Waals surface area contributed by atoms with Crippen molar-refractivity contribution in [1.82, 2.24) is 4.72 Å². The van der Waals surface area contributed by atoms with Gasteiger partial charge in [-0.25, -0.2) is 21.9 Å². The third-order valence-electron chi connectivity index (χ3n) is 1.94. The first-order chi connectivity index (χ1) is 8.15. The molecule has 9 heteroatoms. The molecular weight excluding hydrogens is 342 g/mol. The highest BCUT2D eigenvalue weighted by molar-refractivity contribution is 9.10. The van der Waals surface area contributed by atoms with E-state index >= 15 is 0 Å². The van der Waals surface area contributed by atoms with Crippen molar-refractivity contribution >= 4 is 26.0 Å². The van der Waals surface area contributed by atoms with Crippen molar-refractivity contribution in [3.05, 3.63) is 28.7 Å². The zero-order valence-corrected chi connectivity index (χ0v) is 11.1. The first-order valence-electron chi connectivity index (χ1n) is 4.56. The molecule has 0 saturated heterocycles. The molecule has 1 rings (SSSR count). The van der Waals surface area contributed by atoms with Crippen molar-refractivity contribution < 1.29 is 26.0 Å². The second kappa shape index (κ2) is 5.54. The van der Waals surface area contributed by atoms with E-state index in [4.69, 9.17) is 0 Å². The molecule has 1 aromatic carbocycles. The zero-order valence-electron chi connectivity index (χ0n) is 8.71. The van der Waals surface area contributed by atoms with E-state index in [0.29, 0.717) is 4.47 Å². The predicted molar refractivity (Wildman–Crippen MR) is 60.3 cm³/mol. The molecule has 0 aromatic heterocycles. The number of sulfonamides is 1. The summed E-state index contributed by atoms with van der Waals surface area (Å²) in [5, 5.41) is 0. The molecule has 0 unspecified atom stereocenters. The van der Waals surface area contributed by atoms with Crippen LogP contribution >= 0.6 is 15.9 Å². The average Bonchev–Trinajstić information content (AvgIpc) is 2.27. The van der Waals surface area contributed by atoms with Crippen LogP contribution in [0.1, 0.15) is 0 Å². The van der Waals surface area contributed by atoms with Crippen molar-refractivity contribution in [3.63, 3.8) is 0 Å². The number of halogens is 5. The fraction of sp³-hybridized carbons (Fsp3) is 0.333. The molecule has 0 atom stereocenters. The molecule has 0 aliphatic heterocycles. The van der Waals surface area contributed by atoms with Gasteiger partial charge in [-0.05, 0) is 24.3 Å². The van der Waals surface area contributed by atoms with Gasteiger partial charge in [-0.15, -0.1) is 0 Å². The van der Waals surface area contributed by atoms with Gasteiger partial charge < -0.3 is 0 Å². The lowest BCUT2D eigenvalue weighted by molar-refractivity contribution is -0.122. The third kappa shape index (κ3) is 3.92. The van der Waals surface area contributed by atoms with E-state index in [0.717, 1.165) is 12.1 Å². The highest BCUT2D eigenvalue weighted by Crippen LogP contribution is 2.22. The molecule has 0 bridgehead atoms. The minimum absolute atomic E-state index is 0.282. The first kappa shape index (κ1) is 15.4. The smallest absolute Gasteiger partial charge is 0.207 e. The van der Waals surface area contributed by atoms with Gasteiger partial charge in [-0.3, -0.25) is 0 Å². The predicted octanol–water partition coefficient (Wildman–Crippen LogP) is 2.63. The first-order valence-corrected chi connectivity index (χ1v) is 6.84. The van der Waals surface area contributed by atoms with Gasteiger partial charge in [0.15, 0.2) is 0 Å². The SMILES string of the molecule is O=S(=O)(NCC(F)(F)C(F)F)c1ccc(Br)cc1. The number of rotatable bonds is 5. The molecule has 0 radical (unpaired) electrons. The van der Waals surface area contributed by atoms with E-state index in [1.54, 1.807) is 0 Å². The van der Waals surface area contributed by atoms with E-state index < -0.39 is 28.9 Å². The van der Waals surface area contributed by atoms with E-state index in [2.05, 4.69) is 15.9 Å². The lowest BCUT2D eigenvalue weighted by Gasteiger charge is -2.15. The van der Waals surface area contributed by atoms with Gasteiger partial charge in [0, 0.05) is 4.47 Å². The Kier molecular flexibility index (Phi) is 4.73. The summed E-state index contributed by atoms with van der Waals surface area (Å²) in [7, 11) is -4.23. The Bertz CT molecular complexity index is 504. The van der Waals surface area contributed by atoms with Crippen molar-refractivity contribution in [1.29, 1.82) is 0 Å². The number of benzene rings is 1. The Balaban J connectivity index is 2.81. The summed E-state index contributed by atoms with van der Waals surface area (Å²) in [6.07, 6.45) is -3.93. The fourth-order valence-corrected chi connectivity index (χ4v) is 2.27. The van der Waals surface area contributed by atoms with Gasteiger partial charge in [0.05, 0.1) is 11.4 Å². The Morgan fingerprint density at radius 1 is 1.22 bits per heavy atom. The highest BCUT2D eigenvalue weighted by Gasteiger charge is 2.41. The van der Waals surface area contributed by atoms with Crippen LogP contribution in [0.3, 0.4) is 0 Å². The van der Waals surface area contributed by atoms with Crippen LogP contribution in [0.25, 0.3) is 0 Å². The molecular formula is C9H8BrF4NO2S. The highest BCUT2D eigenvalue weighted by atomic mass is 79.9. The second-order valence-corrected chi connectivity index (χ2v) is 6.02. The van der Waals surface area contributed by atoms with Crippen LogP contribution < -0.4 is 4.72 Å². The van der Waals surface area contributed by atoms with E-state index in [1.165, 1.54) is 16.9 Å². The third-order valence-corrected chi connectivity index (χ3v) is 3.89. The Labute approximate surface area is 109 Å². The van der Waals surface area contributed by atoms with Gasteiger partial charge in [0.1, 0.15) is 0 Å². The van der Waals surface area contributed by atoms with E-state index in [1.807, 2.05) is 0 Å². The van der Waals surface area contributed by atoms with Crippen molar-refractivity contribution in [2.75, 3.05) is 6.54 Å². The molecule has 0 saturated carbocycles. The maximum absolute atomic E-state index is 12.6. The van der Waals surface area contributed by atoms with Gasteiger partial charge in [-0.1, -0.05) is 15.9 Å². The standard InChI is InChI=1S/C9H8BrF4NO2S/c10-6-1-3-7(4-2-6)18(16,17)15-5-9(13,14)8(11)12/h1-4,8,15H,5H2. The van der Waals surface area contributed by atoms with Crippen LogP contribution in [0.2, 0.25) is 0 Å². The minimum Gasteiger partial charge on any atom is -0.207 e. The van der Waals surface area contributed by atoms with Crippen molar-refractivity contribution in [2.24, 2.45) is 0 Å². The summed E-state index contributed by atoms with van der Waals surface area (Å²) in [4.78, 5) is -0.282. The maximum Gasteiger partial charge on any atom is 0.320 e. The lowest BCUT2D eigenvalue weighted by Crippen LogP contribution is -2.41. The number of hydrogen-bond acceptors (Lipinski definition) is 2. The molecule has 0 amide bonds. The van der Waals surface area contributed by atoms with Crippen LogP contribution in [0, 0.1) is 0 Å². The zero-order chi connectivity index (χ0) is 14.0. The second-order valence-electron chi connectivity index (χ2n) is 3.34. The van der Waals surface area contributed by atoms with Crippen molar-refractivity contribution in [2.45, 2.75) is 17.2 Å². The molecule has 0 aliphatic carbocycles. The van der Waals surface area contributed by atoms with Crippen LogP contribution in [-0.2, 0) is 10.0 Å². The minimum atomic E-state index is -4.40. The molecule has 0 heterocycles. The van der Waals surface area contributed by atoms with Gasteiger partial charge in [-0.2, -0.15) is 8.78 Å². The molecule has 1 aromatic rings. The average molecular weight is 350 g/mol. The quantitative estimate of drug-likeness (QED) is 0.830. The van der Waals surface area contributed by atoms with Crippen molar-refractivity contribution in [3.8, 4) is 0 Å². The molecule has 3 nitrogen and oxygen atoms in total. The Hall–Kier alpha value is -0.670. The molecule has 1 N–H and O–H groups in total. The number of nitrogens with one attached hydrogen (secondary N) is 1. The van der Waals surface area contributed by atoms with Gasteiger partial charge in [0.25, 0.3) is 0 Å². The summed E-state index contributed by atoms with van der Waals surface area (Å²) in [5.74, 6) is -4.40.